The van der Waals surface area contributed by atoms with Gasteiger partial charge in [0.1, 0.15) is 17.9 Å². The van der Waals surface area contributed by atoms with Gasteiger partial charge >= 0.3 is 0 Å². The van der Waals surface area contributed by atoms with Crippen LogP contribution in [0.15, 0.2) is 18.2 Å². The molecule has 3 aliphatic heterocycles. The molecule has 4 atom stereocenters. The van der Waals surface area contributed by atoms with E-state index in [2.05, 4.69) is 17.1 Å². The van der Waals surface area contributed by atoms with Crippen LogP contribution in [0.25, 0.3) is 0 Å². The number of piperidine rings is 2. The summed E-state index contributed by atoms with van der Waals surface area (Å²) < 4.78 is 6.32. The number of benzene rings is 1. The molecule has 1 saturated carbocycles. The molecule has 3 fully saturated rings. The number of fused-ring (bicyclic) bond motifs is 2. The summed E-state index contributed by atoms with van der Waals surface area (Å²) in [5.41, 5.74) is 1.52. The van der Waals surface area contributed by atoms with Crippen molar-refractivity contribution in [2.45, 2.75) is 44.9 Å². The summed E-state index contributed by atoms with van der Waals surface area (Å²) in [5, 5.41) is 2.34. The molecule has 1 aromatic carbocycles. The van der Waals surface area contributed by atoms with E-state index in [9.17, 15) is 14.4 Å². The van der Waals surface area contributed by atoms with Crippen LogP contribution in [0.1, 0.15) is 42.1 Å². The highest BCUT2D eigenvalue weighted by atomic mass is 16.5. The zero-order chi connectivity index (χ0) is 19.4. The van der Waals surface area contributed by atoms with Gasteiger partial charge in [0.25, 0.3) is 5.91 Å². The molecule has 0 aromatic heterocycles. The molecule has 0 bridgehead atoms. The molecule has 7 nitrogen and oxygen atoms in total. The van der Waals surface area contributed by atoms with Crippen molar-refractivity contribution in [2.75, 3.05) is 19.6 Å². The average Bonchev–Trinajstić information content (AvgIpc) is 3.39. The fraction of sp³-hybridized carbons (Fsp3) is 0.571. The molecular formula is C21H25N3O4. The van der Waals surface area contributed by atoms with Crippen LogP contribution < -0.4 is 10.1 Å². The first kappa shape index (κ1) is 17.7. The number of nitrogens with one attached hydrogen (secondary N) is 1. The zero-order valence-electron chi connectivity index (χ0n) is 16.0. The van der Waals surface area contributed by atoms with E-state index in [1.165, 1.54) is 13.0 Å². The quantitative estimate of drug-likeness (QED) is 0.790. The number of carbonyl (C=O) groups excluding carboxylic acids is 3. The second-order valence-corrected chi connectivity index (χ2v) is 8.39. The van der Waals surface area contributed by atoms with Crippen LogP contribution in [0.4, 0.5) is 0 Å². The summed E-state index contributed by atoms with van der Waals surface area (Å²) >= 11 is 0. The minimum Gasteiger partial charge on any atom is -0.489 e. The van der Waals surface area contributed by atoms with Gasteiger partial charge in [0.2, 0.25) is 11.8 Å². The van der Waals surface area contributed by atoms with Crippen LogP contribution in [0.2, 0.25) is 0 Å². The highest BCUT2D eigenvalue weighted by Gasteiger charge is 2.49. The van der Waals surface area contributed by atoms with Gasteiger partial charge in [-0.25, -0.2) is 0 Å². The summed E-state index contributed by atoms with van der Waals surface area (Å²) in [6, 6.07) is 5.04. The maximum Gasteiger partial charge on any atom is 0.255 e. The van der Waals surface area contributed by atoms with Gasteiger partial charge in [-0.2, -0.15) is 0 Å². The first-order valence-corrected chi connectivity index (χ1v) is 10.2. The fourth-order valence-electron chi connectivity index (χ4n) is 4.91. The third kappa shape index (κ3) is 2.98. The van der Waals surface area contributed by atoms with Crippen molar-refractivity contribution < 1.29 is 19.1 Å². The molecule has 0 radical (unpaired) electrons. The van der Waals surface area contributed by atoms with E-state index in [1.807, 2.05) is 18.2 Å². The van der Waals surface area contributed by atoms with Gasteiger partial charge in [0, 0.05) is 37.5 Å². The maximum atomic E-state index is 12.8. The maximum absolute atomic E-state index is 12.8. The number of imide groups is 1. The number of likely N-dealkylation sites (N-methyl/N-ethyl adjacent to an activating group) is 1. The van der Waals surface area contributed by atoms with Crippen LogP contribution in [-0.4, -0.2) is 59.3 Å². The normalized spacial score (nSPS) is 32.0. The van der Waals surface area contributed by atoms with Gasteiger partial charge in [-0.1, -0.05) is 6.92 Å². The van der Waals surface area contributed by atoms with Gasteiger partial charge < -0.3 is 9.64 Å². The van der Waals surface area contributed by atoms with E-state index in [4.69, 9.17) is 4.74 Å². The van der Waals surface area contributed by atoms with Crippen LogP contribution in [-0.2, 0) is 16.1 Å². The number of likely N-dealkylation sites (tertiary alicyclic amines) is 1. The predicted molar refractivity (Wildman–Crippen MR) is 101 cm³/mol. The Labute approximate surface area is 164 Å². The fourth-order valence-corrected chi connectivity index (χ4v) is 4.91. The Kier molecular flexibility index (Phi) is 4.16. The number of amides is 3. The molecule has 3 unspecified atom stereocenters. The van der Waals surface area contributed by atoms with Crippen molar-refractivity contribution in [1.29, 1.82) is 0 Å². The highest BCUT2D eigenvalue weighted by molar-refractivity contribution is 6.05. The molecule has 28 heavy (non-hydrogen) atoms. The predicted octanol–water partition coefficient (Wildman–Crippen LogP) is 1.17. The Morgan fingerprint density at radius 1 is 1.21 bits per heavy atom. The molecule has 7 heteroatoms. The Morgan fingerprint density at radius 3 is 2.86 bits per heavy atom. The minimum absolute atomic E-state index is 0.145. The van der Waals surface area contributed by atoms with Gasteiger partial charge in [-0.3, -0.25) is 24.6 Å². The standard InChI is InChI=1S/C21H25N3O4/c1-2-23-9-13-8-16(13)18(11-23)28-14-3-4-15-12(7-14)10-24(21(15)27)17-5-6-19(25)22-20(17)26/h3-4,7,13,16-18H,2,5-6,8-11H2,1H3,(H,22,25,26)/t13?,16?,17?,18-/m1/s1. The van der Waals surface area contributed by atoms with Gasteiger partial charge in [-0.15, -0.1) is 0 Å². The van der Waals surface area contributed by atoms with Gasteiger partial charge in [-0.05, 0) is 49.1 Å². The first-order valence-electron chi connectivity index (χ1n) is 10.2. The summed E-state index contributed by atoms with van der Waals surface area (Å²) in [6.07, 6.45) is 2.10. The lowest BCUT2D eigenvalue weighted by Crippen LogP contribution is -2.52. The molecular weight excluding hydrogens is 358 g/mol. The number of nitrogens with zero attached hydrogens (tertiary/aromatic N) is 2. The largest absolute Gasteiger partial charge is 0.489 e. The van der Waals surface area contributed by atoms with E-state index in [0.717, 1.165) is 30.3 Å². The lowest BCUT2D eigenvalue weighted by atomic mass is 10.0. The van der Waals surface area contributed by atoms with Crippen LogP contribution in [0, 0.1) is 11.8 Å². The van der Waals surface area contributed by atoms with E-state index in [0.29, 0.717) is 24.4 Å². The van der Waals surface area contributed by atoms with Gasteiger partial charge in [0.15, 0.2) is 0 Å². The van der Waals surface area contributed by atoms with Crippen molar-refractivity contribution in [3.05, 3.63) is 29.3 Å². The zero-order valence-corrected chi connectivity index (χ0v) is 16.0. The van der Waals surface area contributed by atoms with Crippen LogP contribution >= 0.6 is 0 Å². The van der Waals surface area contributed by atoms with E-state index in [-0.39, 0.29) is 30.2 Å². The molecule has 1 N–H and O–H groups in total. The SMILES string of the molecule is CCN1CC2CC2[C@H](Oc2ccc3c(c2)CN(C2CCC(=O)NC2=O)C3=O)C1. The second-order valence-electron chi connectivity index (χ2n) is 8.39. The number of carbonyl (C=O) groups is 3. The number of hydrogen-bond acceptors (Lipinski definition) is 5. The summed E-state index contributed by atoms with van der Waals surface area (Å²) in [6.45, 7) is 5.75. The Morgan fingerprint density at radius 2 is 2.07 bits per heavy atom. The third-order valence-electron chi connectivity index (χ3n) is 6.62. The van der Waals surface area contributed by atoms with Crippen LogP contribution in [0.5, 0.6) is 5.75 Å². The summed E-state index contributed by atoms with van der Waals surface area (Å²) in [5.74, 6) is 1.41. The average molecular weight is 383 g/mol. The Balaban J connectivity index is 1.31. The van der Waals surface area contributed by atoms with Crippen molar-refractivity contribution >= 4 is 17.7 Å². The summed E-state index contributed by atoms with van der Waals surface area (Å²) in [4.78, 5) is 40.3. The lowest BCUT2D eigenvalue weighted by Gasteiger charge is -2.31. The Hall–Kier alpha value is -2.41. The number of ether oxygens (including phenoxy) is 1. The molecule has 148 valence electrons. The van der Waals surface area contributed by atoms with Crippen molar-refractivity contribution in [3.8, 4) is 5.75 Å². The molecule has 5 rings (SSSR count). The topological polar surface area (TPSA) is 79.0 Å². The monoisotopic (exact) mass is 383 g/mol. The van der Waals surface area contributed by atoms with E-state index >= 15 is 0 Å². The summed E-state index contributed by atoms with van der Waals surface area (Å²) in [7, 11) is 0. The molecule has 1 aromatic rings. The van der Waals surface area contributed by atoms with Crippen molar-refractivity contribution in [1.82, 2.24) is 15.1 Å². The van der Waals surface area contributed by atoms with E-state index in [1.54, 1.807) is 4.90 Å². The number of hydrogen-bond donors (Lipinski definition) is 1. The third-order valence-corrected chi connectivity index (χ3v) is 6.62. The molecule has 3 heterocycles. The van der Waals surface area contributed by atoms with Crippen molar-refractivity contribution in [3.63, 3.8) is 0 Å². The molecule has 0 spiro atoms. The van der Waals surface area contributed by atoms with Crippen LogP contribution in [0.3, 0.4) is 0 Å². The molecule has 4 aliphatic rings. The minimum atomic E-state index is -0.578. The molecule has 1 aliphatic carbocycles. The first-order chi connectivity index (χ1) is 13.5. The van der Waals surface area contributed by atoms with Crippen molar-refractivity contribution in [2.24, 2.45) is 11.8 Å². The lowest BCUT2D eigenvalue weighted by molar-refractivity contribution is -0.136. The van der Waals surface area contributed by atoms with E-state index < -0.39 is 6.04 Å². The highest BCUT2D eigenvalue weighted by Crippen LogP contribution is 2.46. The second kappa shape index (κ2) is 6.58. The van der Waals surface area contributed by atoms with Gasteiger partial charge in [0.05, 0.1) is 0 Å². The smallest absolute Gasteiger partial charge is 0.255 e. The molecule has 2 saturated heterocycles. The Bertz CT molecular complexity index is 854. The molecule has 3 amide bonds. The number of rotatable bonds is 4.